The number of nitrogens with zero attached hydrogens (tertiary/aromatic N) is 3. The fourth-order valence-electron chi connectivity index (χ4n) is 4.80. The Morgan fingerprint density at radius 3 is 2.38 bits per heavy atom. The first-order valence-corrected chi connectivity index (χ1v) is 11.9. The lowest BCUT2D eigenvalue weighted by molar-refractivity contribution is 0.564. The van der Waals surface area contributed by atoms with Gasteiger partial charge in [0, 0.05) is 34.0 Å². The van der Waals surface area contributed by atoms with Crippen LogP contribution in [0.3, 0.4) is 0 Å². The van der Waals surface area contributed by atoms with Crippen LogP contribution in [-0.2, 0) is 0 Å². The molecule has 0 spiro atoms. The third-order valence-corrected chi connectivity index (χ3v) is 6.96. The fourth-order valence-corrected chi connectivity index (χ4v) is 5.27. The number of anilines is 1. The SMILES string of the molecule is Cc1cc(N2C(=S)N[C@@H](c3ccccn3)[C@@H]2c2cc(C)n(-c3ccc(Cl)cc3)c2C)ccc1F. The normalized spacial score (nSPS) is 17.8. The van der Waals surface area contributed by atoms with Gasteiger partial charge in [-0.25, -0.2) is 4.39 Å². The molecule has 0 saturated carbocycles. The van der Waals surface area contributed by atoms with E-state index in [9.17, 15) is 4.39 Å². The molecular weight excluding hydrogens is 467 g/mol. The smallest absolute Gasteiger partial charge is 0.174 e. The molecule has 1 aliphatic rings. The maximum absolute atomic E-state index is 14.1. The van der Waals surface area contributed by atoms with Crippen molar-refractivity contribution in [3.05, 3.63) is 112 Å². The zero-order valence-corrected chi connectivity index (χ0v) is 20.7. The molecule has 34 heavy (non-hydrogen) atoms. The van der Waals surface area contributed by atoms with Crippen LogP contribution in [0.4, 0.5) is 10.1 Å². The maximum atomic E-state index is 14.1. The minimum atomic E-state index is -0.236. The van der Waals surface area contributed by atoms with Crippen LogP contribution < -0.4 is 10.2 Å². The average molecular weight is 491 g/mol. The van der Waals surface area contributed by atoms with E-state index in [-0.39, 0.29) is 17.9 Å². The van der Waals surface area contributed by atoms with Gasteiger partial charge >= 0.3 is 0 Å². The Morgan fingerprint density at radius 1 is 0.971 bits per heavy atom. The number of aryl methyl sites for hydroxylation is 2. The second-order valence-corrected chi connectivity index (χ2v) is 9.39. The zero-order chi connectivity index (χ0) is 24.0. The van der Waals surface area contributed by atoms with Crippen molar-refractivity contribution in [1.29, 1.82) is 0 Å². The molecule has 1 saturated heterocycles. The Balaban J connectivity index is 1.68. The fraction of sp³-hybridized carbons (Fsp3) is 0.185. The summed E-state index contributed by atoms with van der Waals surface area (Å²) < 4.78 is 16.3. The van der Waals surface area contributed by atoms with E-state index in [0.717, 1.165) is 34.0 Å². The van der Waals surface area contributed by atoms with E-state index in [0.29, 0.717) is 15.7 Å². The number of hydrogen-bond donors (Lipinski definition) is 1. The summed E-state index contributed by atoms with van der Waals surface area (Å²) in [7, 11) is 0. The molecule has 0 bridgehead atoms. The Kier molecular flexibility index (Phi) is 5.88. The van der Waals surface area contributed by atoms with Gasteiger partial charge in [-0.05, 0) is 105 Å². The highest BCUT2D eigenvalue weighted by Gasteiger charge is 2.42. The van der Waals surface area contributed by atoms with Gasteiger partial charge in [-0.2, -0.15) is 0 Å². The van der Waals surface area contributed by atoms with E-state index >= 15 is 0 Å². The van der Waals surface area contributed by atoms with Gasteiger partial charge in [0.25, 0.3) is 0 Å². The van der Waals surface area contributed by atoms with Crippen molar-refractivity contribution < 1.29 is 4.39 Å². The lowest BCUT2D eigenvalue weighted by Crippen LogP contribution is -2.29. The molecule has 172 valence electrons. The van der Waals surface area contributed by atoms with E-state index in [2.05, 4.69) is 39.7 Å². The standard InChI is InChI=1S/C27H24ClFN4S/c1-16-14-21(11-12-23(16)29)33-26(25(31-27(33)34)24-6-4-5-13-30-24)22-15-17(2)32(18(22)3)20-9-7-19(28)8-10-20/h4-15,25-26H,1-3H3,(H,31,34)/t25-,26-/m0/s1. The van der Waals surface area contributed by atoms with E-state index in [4.69, 9.17) is 23.8 Å². The number of thiocarbonyl (C=S) groups is 1. The minimum absolute atomic E-state index is 0.167. The van der Waals surface area contributed by atoms with Crippen molar-refractivity contribution in [2.45, 2.75) is 32.9 Å². The van der Waals surface area contributed by atoms with E-state index in [1.165, 1.54) is 6.07 Å². The summed E-state index contributed by atoms with van der Waals surface area (Å²) in [4.78, 5) is 6.71. The number of halogens is 2. The summed E-state index contributed by atoms with van der Waals surface area (Å²) in [6.45, 7) is 5.97. The van der Waals surface area contributed by atoms with Gasteiger partial charge in [0.2, 0.25) is 0 Å². The van der Waals surface area contributed by atoms with Crippen LogP contribution in [-0.4, -0.2) is 14.7 Å². The second kappa shape index (κ2) is 8.85. The Hall–Kier alpha value is -3.22. The Bertz CT molecular complexity index is 1370. The van der Waals surface area contributed by atoms with Crippen molar-refractivity contribution in [3.8, 4) is 5.69 Å². The van der Waals surface area contributed by atoms with Gasteiger partial charge in [-0.15, -0.1) is 0 Å². The predicted octanol–water partition coefficient (Wildman–Crippen LogP) is 6.77. The first-order chi connectivity index (χ1) is 16.3. The molecule has 7 heteroatoms. The Labute approximate surface area is 209 Å². The van der Waals surface area contributed by atoms with Crippen LogP contribution in [0.2, 0.25) is 5.02 Å². The summed E-state index contributed by atoms with van der Waals surface area (Å²) in [5, 5.41) is 4.76. The summed E-state index contributed by atoms with van der Waals surface area (Å²) in [5.74, 6) is -0.236. The van der Waals surface area contributed by atoms with Crippen LogP contribution >= 0.6 is 23.8 Å². The highest BCUT2D eigenvalue weighted by molar-refractivity contribution is 7.80. The molecule has 0 radical (unpaired) electrons. The molecule has 2 aromatic heterocycles. The average Bonchev–Trinajstić information content (AvgIpc) is 3.32. The molecule has 3 heterocycles. The van der Waals surface area contributed by atoms with E-state index in [1.807, 2.05) is 48.5 Å². The van der Waals surface area contributed by atoms with Gasteiger partial charge in [-0.3, -0.25) is 4.98 Å². The number of pyridine rings is 1. The molecular formula is C27H24ClFN4S. The first-order valence-electron chi connectivity index (χ1n) is 11.1. The van der Waals surface area contributed by atoms with Crippen molar-refractivity contribution in [1.82, 2.24) is 14.9 Å². The monoisotopic (exact) mass is 490 g/mol. The van der Waals surface area contributed by atoms with Crippen molar-refractivity contribution in [3.63, 3.8) is 0 Å². The maximum Gasteiger partial charge on any atom is 0.174 e. The number of hydrogen-bond acceptors (Lipinski definition) is 2. The van der Waals surface area contributed by atoms with Crippen LogP contribution in [0.1, 0.15) is 40.3 Å². The topological polar surface area (TPSA) is 33.1 Å². The summed E-state index contributed by atoms with van der Waals surface area (Å²) in [5.41, 5.74) is 6.68. The van der Waals surface area contributed by atoms with Gasteiger partial charge in [0.15, 0.2) is 5.11 Å². The molecule has 1 fully saturated rings. The molecule has 1 N–H and O–H groups in total. The largest absolute Gasteiger partial charge is 0.351 e. The number of benzene rings is 2. The first kappa shape index (κ1) is 22.6. The predicted molar refractivity (Wildman–Crippen MR) is 139 cm³/mol. The summed E-state index contributed by atoms with van der Waals surface area (Å²) in [6, 6.07) is 20.7. The Morgan fingerprint density at radius 2 is 1.71 bits per heavy atom. The van der Waals surface area contributed by atoms with Crippen molar-refractivity contribution >= 4 is 34.6 Å². The van der Waals surface area contributed by atoms with Gasteiger partial charge in [0.05, 0.1) is 17.8 Å². The molecule has 0 amide bonds. The van der Waals surface area contributed by atoms with Crippen LogP contribution in [0.5, 0.6) is 0 Å². The van der Waals surface area contributed by atoms with E-state index in [1.54, 1.807) is 19.2 Å². The number of nitrogens with one attached hydrogen (secondary N) is 1. The molecule has 4 nitrogen and oxygen atoms in total. The van der Waals surface area contributed by atoms with Crippen molar-refractivity contribution in [2.24, 2.45) is 0 Å². The number of aromatic nitrogens is 2. The molecule has 1 aliphatic heterocycles. The van der Waals surface area contributed by atoms with Crippen LogP contribution in [0.15, 0.2) is 72.9 Å². The summed E-state index contributed by atoms with van der Waals surface area (Å²) in [6.07, 6.45) is 1.79. The highest BCUT2D eigenvalue weighted by Crippen LogP contribution is 2.44. The zero-order valence-electron chi connectivity index (χ0n) is 19.1. The third kappa shape index (κ3) is 3.87. The van der Waals surface area contributed by atoms with Gasteiger partial charge < -0.3 is 14.8 Å². The molecule has 0 aliphatic carbocycles. The molecule has 2 atom stereocenters. The highest BCUT2D eigenvalue weighted by atomic mass is 35.5. The summed E-state index contributed by atoms with van der Waals surface area (Å²) >= 11 is 11.9. The molecule has 2 aromatic carbocycles. The third-order valence-electron chi connectivity index (χ3n) is 6.39. The second-order valence-electron chi connectivity index (χ2n) is 8.57. The van der Waals surface area contributed by atoms with E-state index < -0.39 is 0 Å². The number of rotatable bonds is 4. The molecule has 4 aromatic rings. The lowest BCUT2D eigenvalue weighted by atomic mass is 9.96. The van der Waals surface area contributed by atoms with Gasteiger partial charge in [0.1, 0.15) is 5.82 Å². The van der Waals surface area contributed by atoms with Crippen LogP contribution in [0.25, 0.3) is 5.69 Å². The lowest BCUT2D eigenvalue weighted by Gasteiger charge is -2.28. The van der Waals surface area contributed by atoms with Crippen LogP contribution in [0, 0.1) is 26.6 Å². The molecule has 0 unspecified atom stereocenters. The van der Waals surface area contributed by atoms with Gasteiger partial charge in [-0.1, -0.05) is 17.7 Å². The minimum Gasteiger partial charge on any atom is -0.351 e. The quantitative estimate of drug-likeness (QED) is 0.320. The van der Waals surface area contributed by atoms with Crippen molar-refractivity contribution in [2.75, 3.05) is 4.90 Å². The molecule has 5 rings (SSSR count).